The van der Waals surface area contributed by atoms with E-state index in [2.05, 4.69) is 11.2 Å². The molecule has 1 aliphatic rings. The number of halogens is 1. The van der Waals surface area contributed by atoms with E-state index in [0.29, 0.717) is 29.8 Å². The van der Waals surface area contributed by atoms with Gasteiger partial charge in [0.1, 0.15) is 17.0 Å². The molecular formula is C26H22FN5O3. The second-order valence-corrected chi connectivity index (χ2v) is 8.64. The minimum Gasteiger partial charge on any atom is -0.399 e. The quantitative estimate of drug-likeness (QED) is 0.352. The summed E-state index contributed by atoms with van der Waals surface area (Å²) in [5, 5.41) is 3.00. The molecule has 176 valence electrons. The van der Waals surface area contributed by atoms with Gasteiger partial charge in [0.15, 0.2) is 0 Å². The number of pyridine rings is 1. The highest BCUT2D eigenvalue weighted by molar-refractivity contribution is 5.93. The number of hydrogen-bond donors (Lipinski definition) is 2. The van der Waals surface area contributed by atoms with Crippen molar-refractivity contribution in [1.29, 1.82) is 0 Å². The van der Waals surface area contributed by atoms with E-state index < -0.39 is 22.6 Å². The highest BCUT2D eigenvalue weighted by Gasteiger charge is 2.31. The molecule has 3 N–H and O–H groups in total. The van der Waals surface area contributed by atoms with E-state index in [-0.39, 0.29) is 34.0 Å². The number of anilines is 3. The Hall–Kier alpha value is -4.58. The number of terminal acetylenes is 1. The van der Waals surface area contributed by atoms with Crippen molar-refractivity contribution < 1.29 is 4.39 Å². The van der Waals surface area contributed by atoms with Crippen LogP contribution in [0.4, 0.5) is 21.6 Å². The van der Waals surface area contributed by atoms with Crippen molar-refractivity contribution in [3.05, 3.63) is 90.6 Å². The first-order valence-electron chi connectivity index (χ1n) is 11.0. The first-order valence-corrected chi connectivity index (χ1v) is 11.0. The summed E-state index contributed by atoms with van der Waals surface area (Å²) in [6, 6.07) is 10.6. The summed E-state index contributed by atoms with van der Waals surface area (Å²) in [6.07, 6.45) is 6.73. The van der Waals surface area contributed by atoms with Crippen LogP contribution < -0.4 is 27.9 Å². The zero-order valence-corrected chi connectivity index (χ0v) is 19.1. The van der Waals surface area contributed by atoms with E-state index in [4.69, 9.17) is 12.2 Å². The lowest BCUT2D eigenvalue weighted by atomic mass is 10.1. The van der Waals surface area contributed by atoms with Crippen LogP contribution in [0.3, 0.4) is 0 Å². The average Bonchev–Trinajstić information content (AvgIpc) is 3.66. The Labute approximate surface area is 199 Å². The van der Waals surface area contributed by atoms with Gasteiger partial charge in [0, 0.05) is 29.9 Å². The van der Waals surface area contributed by atoms with Crippen LogP contribution >= 0.6 is 0 Å². The molecule has 1 saturated carbocycles. The van der Waals surface area contributed by atoms with Gasteiger partial charge in [-0.15, -0.1) is 6.42 Å². The number of aromatic nitrogens is 3. The number of fused-ring (bicyclic) bond motifs is 1. The van der Waals surface area contributed by atoms with Crippen molar-refractivity contribution in [1.82, 2.24) is 13.7 Å². The number of rotatable bonds is 4. The molecule has 0 atom stereocenters. The van der Waals surface area contributed by atoms with Gasteiger partial charge in [0.25, 0.3) is 11.1 Å². The van der Waals surface area contributed by atoms with Crippen molar-refractivity contribution in [3.63, 3.8) is 0 Å². The summed E-state index contributed by atoms with van der Waals surface area (Å²) >= 11 is 0. The van der Waals surface area contributed by atoms with Crippen molar-refractivity contribution >= 4 is 28.1 Å². The Morgan fingerprint density at radius 2 is 1.86 bits per heavy atom. The molecule has 0 unspecified atom stereocenters. The topological polar surface area (TPSA) is 104 Å². The Bertz CT molecular complexity index is 1750. The van der Waals surface area contributed by atoms with Crippen molar-refractivity contribution in [2.45, 2.75) is 25.8 Å². The van der Waals surface area contributed by atoms with Gasteiger partial charge in [-0.2, -0.15) is 0 Å². The fraction of sp³-hybridized carbons (Fsp3) is 0.192. The number of hydrogen-bond acceptors (Lipinski definition) is 5. The minimum absolute atomic E-state index is 0.0308. The molecule has 5 rings (SSSR count). The van der Waals surface area contributed by atoms with Gasteiger partial charge in [-0.05, 0) is 56.2 Å². The van der Waals surface area contributed by atoms with Crippen LogP contribution in [0.15, 0.2) is 56.8 Å². The summed E-state index contributed by atoms with van der Waals surface area (Å²) in [5.41, 5.74) is 6.00. The Balaban J connectivity index is 1.93. The van der Waals surface area contributed by atoms with Gasteiger partial charge < -0.3 is 11.1 Å². The van der Waals surface area contributed by atoms with Crippen LogP contribution in [0.5, 0.6) is 0 Å². The van der Waals surface area contributed by atoms with Gasteiger partial charge in [0.05, 0.1) is 16.9 Å². The van der Waals surface area contributed by atoms with Gasteiger partial charge in [-0.3, -0.25) is 23.3 Å². The minimum atomic E-state index is -0.645. The van der Waals surface area contributed by atoms with E-state index in [9.17, 15) is 18.8 Å². The standard InChI is InChI=1S/C26H22FN5O3/c1-4-15-8-11-20(19(27)12-15)29-23-21-22(14(2)24(33)30(23)3)31(18-7-5-6-16(28)13-18)26(35)32(25(21)34)17-9-10-17/h1,5-8,11-13,17,29H,9-10,28H2,2-3H3. The summed E-state index contributed by atoms with van der Waals surface area (Å²) < 4.78 is 18.6. The maximum Gasteiger partial charge on any atom is 0.336 e. The maximum atomic E-state index is 14.8. The van der Waals surface area contributed by atoms with Crippen LogP contribution in [0.25, 0.3) is 16.6 Å². The molecule has 4 aromatic rings. The van der Waals surface area contributed by atoms with Crippen LogP contribution in [0, 0.1) is 25.1 Å². The lowest BCUT2D eigenvalue weighted by Gasteiger charge is -2.20. The molecule has 2 aromatic carbocycles. The molecule has 2 aromatic heterocycles. The first kappa shape index (κ1) is 22.2. The lowest BCUT2D eigenvalue weighted by Crippen LogP contribution is -2.41. The molecule has 8 nitrogen and oxygen atoms in total. The number of nitrogens with one attached hydrogen (secondary N) is 1. The van der Waals surface area contributed by atoms with E-state index in [1.54, 1.807) is 37.3 Å². The van der Waals surface area contributed by atoms with Crippen molar-refractivity contribution in [2.75, 3.05) is 11.1 Å². The monoisotopic (exact) mass is 471 g/mol. The Kier molecular flexibility index (Phi) is 5.09. The Morgan fingerprint density at radius 1 is 1.11 bits per heavy atom. The predicted molar refractivity (Wildman–Crippen MR) is 134 cm³/mol. The van der Waals surface area contributed by atoms with Crippen LogP contribution in [0.1, 0.15) is 30.0 Å². The van der Waals surface area contributed by atoms with Gasteiger partial charge in [-0.1, -0.05) is 12.0 Å². The van der Waals surface area contributed by atoms with Gasteiger partial charge in [0.2, 0.25) is 0 Å². The zero-order chi connectivity index (χ0) is 25.0. The van der Waals surface area contributed by atoms with Gasteiger partial charge >= 0.3 is 5.69 Å². The van der Waals surface area contributed by atoms with E-state index in [1.165, 1.54) is 32.9 Å². The third kappa shape index (κ3) is 3.51. The molecule has 0 amide bonds. The molecule has 0 bridgehead atoms. The number of nitrogens with zero attached hydrogens (tertiary/aromatic N) is 3. The zero-order valence-electron chi connectivity index (χ0n) is 19.1. The molecular weight excluding hydrogens is 449 g/mol. The molecule has 1 fully saturated rings. The van der Waals surface area contributed by atoms with Crippen molar-refractivity contribution in [2.24, 2.45) is 7.05 Å². The van der Waals surface area contributed by atoms with E-state index in [0.717, 1.165) is 0 Å². The third-order valence-electron chi connectivity index (χ3n) is 6.27. The molecule has 9 heteroatoms. The molecule has 0 radical (unpaired) electrons. The van der Waals surface area contributed by atoms with Crippen LogP contribution in [0.2, 0.25) is 0 Å². The summed E-state index contributed by atoms with van der Waals surface area (Å²) in [7, 11) is 1.49. The molecule has 0 aliphatic heterocycles. The molecule has 0 saturated heterocycles. The third-order valence-corrected chi connectivity index (χ3v) is 6.27. The summed E-state index contributed by atoms with van der Waals surface area (Å²) in [4.78, 5) is 40.6. The normalized spacial score (nSPS) is 13.1. The molecule has 2 heterocycles. The highest BCUT2D eigenvalue weighted by atomic mass is 19.1. The SMILES string of the molecule is C#Cc1ccc(Nc2c3c(=O)n(C4CC4)c(=O)n(-c4cccc(N)c4)c3c(C)c(=O)n2C)c(F)c1. The number of nitrogens with two attached hydrogens (primary N) is 1. The number of benzene rings is 2. The second-order valence-electron chi connectivity index (χ2n) is 8.64. The second kappa shape index (κ2) is 8.02. The molecule has 0 spiro atoms. The largest absolute Gasteiger partial charge is 0.399 e. The predicted octanol–water partition coefficient (Wildman–Crippen LogP) is 2.94. The fourth-order valence-electron chi connectivity index (χ4n) is 4.35. The smallest absolute Gasteiger partial charge is 0.336 e. The maximum absolute atomic E-state index is 14.8. The van der Waals surface area contributed by atoms with E-state index in [1.807, 2.05) is 0 Å². The summed E-state index contributed by atoms with van der Waals surface area (Å²) in [5.74, 6) is 1.79. The van der Waals surface area contributed by atoms with Crippen LogP contribution in [-0.4, -0.2) is 13.7 Å². The van der Waals surface area contributed by atoms with Crippen molar-refractivity contribution in [3.8, 4) is 18.0 Å². The first-order chi connectivity index (χ1) is 16.7. The summed E-state index contributed by atoms with van der Waals surface area (Å²) in [6.45, 7) is 1.56. The average molecular weight is 471 g/mol. The van der Waals surface area contributed by atoms with E-state index >= 15 is 0 Å². The number of aryl methyl sites for hydroxylation is 1. The Morgan fingerprint density at radius 3 is 2.49 bits per heavy atom. The van der Waals surface area contributed by atoms with Gasteiger partial charge in [-0.25, -0.2) is 9.18 Å². The highest BCUT2D eigenvalue weighted by Crippen LogP contribution is 2.34. The van der Waals surface area contributed by atoms with Crippen LogP contribution in [-0.2, 0) is 7.05 Å². The molecule has 1 aliphatic carbocycles. The lowest BCUT2D eigenvalue weighted by molar-refractivity contribution is 0.630. The fourth-order valence-corrected chi connectivity index (χ4v) is 4.35. The number of nitrogen functional groups attached to an aromatic ring is 1. The molecule has 35 heavy (non-hydrogen) atoms.